The van der Waals surface area contributed by atoms with Crippen LogP contribution in [0.25, 0.3) is 0 Å². The molecule has 5 nitrogen and oxygen atoms in total. The lowest BCUT2D eigenvalue weighted by molar-refractivity contribution is 0.166. The molecule has 0 unspecified atom stereocenters. The summed E-state index contributed by atoms with van der Waals surface area (Å²) in [5, 5.41) is 17.0. The first-order chi connectivity index (χ1) is 9.93. The Hall–Kier alpha value is -0.940. The Balaban J connectivity index is 1.60. The molecule has 118 valence electrons. The molecule has 1 aromatic heterocycles. The van der Waals surface area contributed by atoms with Gasteiger partial charge in [-0.15, -0.1) is 0 Å². The first-order valence-corrected chi connectivity index (χ1v) is 8.18. The number of nitrogens with zero attached hydrogens (tertiary/aromatic N) is 2. The number of rotatable bonds is 2. The Morgan fingerprint density at radius 3 is 2.48 bits per heavy atom. The fourth-order valence-electron chi connectivity index (χ4n) is 3.68. The number of nitrogens with one attached hydrogen (secondary N) is 1. The lowest BCUT2D eigenvalue weighted by Crippen LogP contribution is -2.25. The van der Waals surface area contributed by atoms with Gasteiger partial charge < -0.3 is 14.9 Å². The molecule has 1 saturated heterocycles. The first kappa shape index (κ1) is 15.0. The van der Waals surface area contributed by atoms with Crippen LogP contribution >= 0.6 is 0 Å². The van der Waals surface area contributed by atoms with Crippen LogP contribution in [0.1, 0.15) is 76.6 Å². The van der Waals surface area contributed by atoms with Gasteiger partial charge in [0.05, 0.1) is 12.1 Å². The zero-order valence-electron chi connectivity index (χ0n) is 13.3. The van der Waals surface area contributed by atoms with Gasteiger partial charge >= 0.3 is 0 Å². The van der Waals surface area contributed by atoms with E-state index >= 15 is 0 Å². The van der Waals surface area contributed by atoms with Crippen molar-refractivity contribution in [2.45, 2.75) is 70.9 Å². The van der Waals surface area contributed by atoms with Gasteiger partial charge in [-0.25, -0.2) is 0 Å². The van der Waals surface area contributed by atoms with Crippen LogP contribution in [0.2, 0.25) is 0 Å². The second kappa shape index (κ2) is 5.69. The number of hydrogen-bond donors (Lipinski definition) is 2. The number of aromatic nitrogens is 2. The number of β-amino-alcohol motifs (C(OH)–C–C–N with tert-alkyl or cyclic N) is 1. The molecule has 3 rings (SSSR count). The highest BCUT2D eigenvalue weighted by Gasteiger charge is 2.33. The highest BCUT2D eigenvalue weighted by Crippen LogP contribution is 2.42. The largest absolute Gasteiger partial charge is 0.392 e. The van der Waals surface area contributed by atoms with Crippen molar-refractivity contribution in [1.82, 2.24) is 15.5 Å². The Bertz CT molecular complexity index is 472. The minimum atomic E-state index is -0.299. The van der Waals surface area contributed by atoms with Gasteiger partial charge in [-0.2, -0.15) is 4.98 Å². The van der Waals surface area contributed by atoms with E-state index in [-0.39, 0.29) is 12.1 Å². The maximum Gasteiger partial charge on any atom is 0.243 e. The van der Waals surface area contributed by atoms with Crippen LogP contribution in [0.4, 0.5) is 0 Å². The van der Waals surface area contributed by atoms with Gasteiger partial charge in [-0.1, -0.05) is 25.9 Å². The van der Waals surface area contributed by atoms with E-state index in [1.807, 2.05) is 0 Å². The van der Waals surface area contributed by atoms with Gasteiger partial charge in [0.25, 0.3) is 0 Å². The van der Waals surface area contributed by atoms with E-state index in [9.17, 15) is 5.11 Å². The summed E-state index contributed by atoms with van der Waals surface area (Å²) in [5.74, 6) is 2.74. The third-order valence-electron chi connectivity index (χ3n) is 5.18. The molecular formula is C16H27N3O2. The first-order valence-electron chi connectivity index (χ1n) is 8.18. The molecule has 2 atom stereocenters. The summed E-state index contributed by atoms with van der Waals surface area (Å²) in [5.41, 5.74) is 0.400. The van der Waals surface area contributed by atoms with E-state index in [4.69, 9.17) is 4.52 Å². The Labute approximate surface area is 126 Å². The average molecular weight is 293 g/mol. The minimum absolute atomic E-state index is 0.0205. The van der Waals surface area contributed by atoms with Gasteiger partial charge in [-0.3, -0.25) is 0 Å². The molecule has 0 bridgehead atoms. The molecular weight excluding hydrogens is 266 g/mol. The Morgan fingerprint density at radius 2 is 1.90 bits per heavy atom. The molecule has 1 aliphatic carbocycles. The van der Waals surface area contributed by atoms with Crippen molar-refractivity contribution in [1.29, 1.82) is 0 Å². The Kier molecular flexibility index (Phi) is 4.06. The van der Waals surface area contributed by atoms with Gasteiger partial charge in [0.15, 0.2) is 5.82 Å². The zero-order chi connectivity index (χ0) is 15.0. The van der Waals surface area contributed by atoms with Crippen molar-refractivity contribution >= 4 is 0 Å². The summed E-state index contributed by atoms with van der Waals surface area (Å²) in [6.07, 6.45) is 5.17. The average Bonchev–Trinajstić information content (AvgIpc) is 3.06. The summed E-state index contributed by atoms with van der Waals surface area (Å²) < 4.78 is 5.41. The van der Waals surface area contributed by atoms with Gasteiger partial charge in [0.1, 0.15) is 0 Å². The molecule has 2 heterocycles. The predicted molar refractivity (Wildman–Crippen MR) is 79.8 cm³/mol. The van der Waals surface area contributed by atoms with Crippen molar-refractivity contribution in [3.05, 3.63) is 11.7 Å². The molecule has 2 fully saturated rings. The fraction of sp³-hybridized carbons (Fsp3) is 0.875. The van der Waals surface area contributed by atoms with Crippen molar-refractivity contribution < 1.29 is 9.63 Å². The molecule has 2 aliphatic rings. The van der Waals surface area contributed by atoms with Crippen molar-refractivity contribution in [2.24, 2.45) is 11.3 Å². The highest BCUT2D eigenvalue weighted by molar-refractivity contribution is 5.02. The number of aliphatic hydroxyl groups is 1. The molecule has 0 radical (unpaired) electrons. The molecule has 1 aliphatic heterocycles. The van der Waals surface area contributed by atoms with Crippen LogP contribution in [-0.2, 0) is 0 Å². The minimum Gasteiger partial charge on any atom is -0.392 e. The van der Waals surface area contributed by atoms with Gasteiger partial charge in [0, 0.05) is 12.5 Å². The maximum atomic E-state index is 9.57. The van der Waals surface area contributed by atoms with Crippen LogP contribution in [0, 0.1) is 11.3 Å². The van der Waals surface area contributed by atoms with Gasteiger partial charge in [-0.05, 0) is 43.4 Å². The van der Waals surface area contributed by atoms with Crippen LogP contribution in [0.3, 0.4) is 0 Å². The smallest absolute Gasteiger partial charge is 0.243 e. The lowest BCUT2D eigenvalue weighted by atomic mass is 9.70. The molecule has 5 heteroatoms. The normalized spacial score (nSPS) is 34.3. The van der Waals surface area contributed by atoms with Gasteiger partial charge in [0.2, 0.25) is 5.89 Å². The van der Waals surface area contributed by atoms with E-state index < -0.39 is 0 Å². The summed E-state index contributed by atoms with van der Waals surface area (Å²) in [6, 6.07) is 0.0205. The van der Waals surface area contributed by atoms with E-state index in [1.165, 1.54) is 12.8 Å². The predicted octanol–water partition coefficient (Wildman–Crippen LogP) is 2.78. The second-order valence-corrected chi connectivity index (χ2v) is 7.76. The Morgan fingerprint density at radius 1 is 1.19 bits per heavy atom. The fourth-order valence-corrected chi connectivity index (χ4v) is 3.68. The topological polar surface area (TPSA) is 71.2 Å². The molecule has 2 N–H and O–H groups in total. The van der Waals surface area contributed by atoms with E-state index in [0.29, 0.717) is 30.2 Å². The highest BCUT2D eigenvalue weighted by atomic mass is 16.5. The number of aliphatic hydroxyl groups excluding tert-OH is 1. The molecule has 1 aromatic rings. The lowest BCUT2D eigenvalue weighted by Gasteiger charge is -2.36. The molecule has 0 amide bonds. The molecule has 1 saturated carbocycles. The third kappa shape index (κ3) is 3.29. The monoisotopic (exact) mass is 293 g/mol. The molecule has 0 aromatic carbocycles. The summed E-state index contributed by atoms with van der Waals surface area (Å²) >= 11 is 0. The van der Waals surface area contributed by atoms with Crippen molar-refractivity contribution in [2.75, 3.05) is 6.54 Å². The quantitative estimate of drug-likeness (QED) is 0.877. The van der Waals surface area contributed by atoms with E-state index in [0.717, 1.165) is 24.6 Å². The van der Waals surface area contributed by atoms with E-state index in [1.54, 1.807) is 0 Å². The third-order valence-corrected chi connectivity index (χ3v) is 5.18. The van der Waals surface area contributed by atoms with Crippen molar-refractivity contribution in [3.8, 4) is 0 Å². The van der Waals surface area contributed by atoms with Crippen molar-refractivity contribution in [3.63, 3.8) is 0 Å². The standard InChI is InChI=1S/C16H27N3O2/c1-16(2,3)11-6-4-10(5-7-11)14-18-15(21-19-14)13-8-12(20)9-17-13/h10-13,17,20H,4-9H2,1-3H3/t10?,11?,12-,13-/m1/s1. The van der Waals surface area contributed by atoms with Crippen LogP contribution in [0.5, 0.6) is 0 Å². The molecule has 21 heavy (non-hydrogen) atoms. The van der Waals surface area contributed by atoms with Crippen LogP contribution < -0.4 is 5.32 Å². The zero-order valence-corrected chi connectivity index (χ0v) is 13.3. The summed E-state index contributed by atoms with van der Waals surface area (Å²) in [7, 11) is 0. The SMILES string of the molecule is CC(C)(C)C1CCC(c2noc([C@H]3C[C@@H](O)CN3)n2)CC1. The van der Waals surface area contributed by atoms with Crippen LogP contribution in [-0.4, -0.2) is 27.9 Å². The van der Waals surface area contributed by atoms with E-state index in [2.05, 4.69) is 36.2 Å². The maximum absolute atomic E-state index is 9.57. The molecule has 0 spiro atoms. The second-order valence-electron chi connectivity index (χ2n) is 7.76. The van der Waals surface area contributed by atoms with Crippen LogP contribution in [0.15, 0.2) is 4.52 Å². The summed E-state index contributed by atoms with van der Waals surface area (Å²) in [6.45, 7) is 7.61. The summed E-state index contributed by atoms with van der Waals surface area (Å²) in [4.78, 5) is 4.59. The number of hydrogen-bond acceptors (Lipinski definition) is 5.